The molecule has 0 saturated heterocycles. The topological polar surface area (TPSA) is 71.5 Å². The average Bonchev–Trinajstić information content (AvgIpc) is 2.46. The van der Waals surface area contributed by atoms with Crippen molar-refractivity contribution in [3.63, 3.8) is 0 Å². The van der Waals surface area contributed by atoms with Crippen molar-refractivity contribution in [1.82, 2.24) is 4.98 Å². The fourth-order valence-corrected chi connectivity index (χ4v) is 2.24. The molecule has 1 unspecified atom stereocenters. The van der Waals surface area contributed by atoms with E-state index in [9.17, 15) is 9.90 Å². The molecule has 0 spiro atoms. The van der Waals surface area contributed by atoms with Crippen molar-refractivity contribution < 1.29 is 14.6 Å². The largest absolute Gasteiger partial charge is 0.497 e. The molecule has 0 aliphatic rings. The molecule has 0 bridgehead atoms. The Hall–Kier alpha value is -2.30. The minimum atomic E-state index is -0.792. The van der Waals surface area contributed by atoms with E-state index in [2.05, 4.69) is 10.3 Å². The van der Waals surface area contributed by atoms with Crippen LogP contribution in [0, 0.1) is 11.8 Å². The van der Waals surface area contributed by atoms with Gasteiger partial charge in [0.1, 0.15) is 11.6 Å². The summed E-state index contributed by atoms with van der Waals surface area (Å²) in [6, 6.07) is 7.63. The number of benzene rings is 1. The number of carboxylic acids is 1. The van der Waals surface area contributed by atoms with E-state index in [-0.39, 0.29) is 5.92 Å². The van der Waals surface area contributed by atoms with Crippen molar-refractivity contribution in [2.24, 2.45) is 11.8 Å². The fourth-order valence-electron chi connectivity index (χ4n) is 2.24. The van der Waals surface area contributed by atoms with E-state index in [1.807, 2.05) is 38.1 Å². The lowest BCUT2D eigenvalue weighted by molar-refractivity contribution is -0.142. The number of pyridine rings is 1. The molecule has 0 fully saturated rings. The third kappa shape index (κ3) is 3.42. The molecule has 2 N–H and O–H groups in total. The number of carboxylic acid groups (broad SMARTS) is 1. The molecule has 2 aromatic rings. The van der Waals surface area contributed by atoms with E-state index in [0.29, 0.717) is 12.4 Å². The lowest BCUT2D eigenvalue weighted by Gasteiger charge is -2.17. The van der Waals surface area contributed by atoms with Crippen LogP contribution in [0.15, 0.2) is 30.5 Å². The highest BCUT2D eigenvalue weighted by molar-refractivity contribution is 5.92. The first-order valence-corrected chi connectivity index (χ1v) is 6.92. The maximum Gasteiger partial charge on any atom is 0.308 e. The first kappa shape index (κ1) is 15.1. The van der Waals surface area contributed by atoms with E-state index in [4.69, 9.17) is 4.74 Å². The third-order valence-corrected chi connectivity index (χ3v) is 3.58. The first-order valence-electron chi connectivity index (χ1n) is 6.92. The Labute approximate surface area is 124 Å². The molecule has 0 aliphatic heterocycles. The molecule has 0 radical (unpaired) electrons. The van der Waals surface area contributed by atoms with Crippen LogP contribution in [0.5, 0.6) is 5.75 Å². The summed E-state index contributed by atoms with van der Waals surface area (Å²) in [7, 11) is 1.63. The maximum absolute atomic E-state index is 11.2. The average molecular weight is 288 g/mol. The minimum Gasteiger partial charge on any atom is -0.497 e. The van der Waals surface area contributed by atoms with Crippen molar-refractivity contribution in [3.05, 3.63) is 30.5 Å². The van der Waals surface area contributed by atoms with Crippen LogP contribution in [-0.2, 0) is 4.79 Å². The Morgan fingerprint density at radius 3 is 2.76 bits per heavy atom. The van der Waals surface area contributed by atoms with E-state index in [0.717, 1.165) is 16.5 Å². The summed E-state index contributed by atoms with van der Waals surface area (Å²) < 4.78 is 5.20. The molecule has 5 nitrogen and oxygen atoms in total. The quantitative estimate of drug-likeness (QED) is 0.855. The summed E-state index contributed by atoms with van der Waals surface area (Å²) in [6.07, 6.45) is 1.70. The number of aliphatic carboxylic acids is 1. The zero-order valence-corrected chi connectivity index (χ0v) is 12.5. The summed E-state index contributed by atoms with van der Waals surface area (Å²) in [6.45, 7) is 4.16. The van der Waals surface area contributed by atoms with Gasteiger partial charge in [-0.15, -0.1) is 0 Å². The Kier molecular flexibility index (Phi) is 4.62. The number of nitrogens with zero attached hydrogens (tertiary/aromatic N) is 1. The van der Waals surface area contributed by atoms with Gasteiger partial charge in [0, 0.05) is 18.1 Å². The molecule has 112 valence electrons. The molecule has 0 aliphatic carbocycles. The van der Waals surface area contributed by atoms with Crippen molar-refractivity contribution in [2.45, 2.75) is 13.8 Å². The van der Waals surface area contributed by atoms with Crippen molar-refractivity contribution in [1.29, 1.82) is 0 Å². The van der Waals surface area contributed by atoms with Crippen molar-refractivity contribution in [3.8, 4) is 5.75 Å². The molecule has 0 amide bonds. The number of nitrogens with one attached hydrogen (secondary N) is 1. The second-order valence-electron chi connectivity index (χ2n) is 5.32. The lowest BCUT2D eigenvalue weighted by Crippen LogP contribution is -2.27. The van der Waals surface area contributed by atoms with Gasteiger partial charge in [0.15, 0.2) is 0 Å². The van der Waals surface area contributed by atoms with Gasteiger partial charge in [0.25, 0.3) is 0 Å². The smallest absolute Gasteiger partial charge is 0.308 e. The molecule has 1 aromatic heterocycles. The summed E-state index contributed by atoms with van der Waals surface area (Å²) in [5, 5.41) is 14.3. The van der Waals surface area contributed by atoms with Crippen molar-refractivity contribution >= 4 is 22.6 Å². The number of anilines is 1. The van der Waals surface area contributed by atoms with Crippen LogP contribution < -0.4 is 10.1 Å². The number of hydrogen-bond acceptors (Lipinski definition) is 4. The predicted molar refractivity (Wildman–Crippen MR) is 82.7 cm³/mol. The highest BCUT2D eigenvalue weighted by atomic mass is 16.5. The van der Waals surface area contributed by atoms with Gasteiger partial charge < -0.3 is 15.2 Å². The third-order valence-electron chi connectivity index (χ3n) is 3.58. The second kappa shape index (κ2) is 6.43. The Morgan fingerprint density at radius 2 is 2.14 bits per heavy atom. The van der Waals surface area contributed by atoms with Crippen LogP contribution in [0.2, 0.25) is 0 Å². The number of ether oxygens (including phenoxy) is 1. The van der Waals surface area contributed by atoms with E-state index >= 15 is 0 Å². The van der Waals surface area contributed by atoms with Gasteiger partial charge >= 0.3 is 5.97 Å². The van der Waals surface area contributed by atoms with Crippen LogP contribution in [0.25, 0.3) is 10.8 Å². The van der Waals surface area contributed by atoms with E-state index in [1.54, 1.807) is 13.3 Å². The molecule has 2 rings (SSSR count). The number of carbonyl (C=O) groups is 1. The highest BCUT2D eigenvalue weighted by Gasteiger charge is 2.21. The monoisotopic (exact) mass is 288 g/mol. The van der Waals surface area contributed by atoms with Gasteiger partial charge in [-0.3, -0.25) is 4.79 Å². The summed E-state index contributed by atoms with van der Waals surface area (Å²) in [5.74, 6) is 0.303. The summed E-state index contributed by atoms with van der Waals surface area (Å²) in [4.78, 5) is 15.5. The normalized spacial score (nSPS) is 12.4. The van der Waals surface area contributed by atoms with Crippen LogP contribution >= 0.6 is 0 Å². The van der Waals surface area contributed by atoms with Crippen LogP contribution in [0.3, 0.4) is 0 Å². The second-order valence-corrected chi connectivity index (χ2v) is 5.32. The number of aromatic nitrogens is 1. The van der Waals surface area contributed by atoms with Crippen molar-refractivity contribution in [2.75, 3.05) is 19.0 Å². The Balaban J connectivity index is 2.24. The fraction of sp³-hybridized carbons (Fsp3) is 0.375. The SMILES string of the molecule is COc1ccc2c(NCC(C(=O)O)C(C)C)nccc2c1. The van der Waals surface area contributed by atoms with Gasteiger partial charge in [0.05, 0.1) is 13.0 Å². The summed E-state index contributed by atoms with van der Waals surface area (Å²) in [5.41, 5.74) is 0. The standard InChI is InChI=1S/C16H20N2O3/c1-10(2)14(16(19)20)9-18-15-13-5-4-12(21-3)8-11(13)6-7-17-15/h4-8,10,14H,9H2,1-3H3,(H,17,18)(H,19,20). The highest BCUT2D eigenvalue weighted by Crippen LogP contribution is 2.25. The Bertz CT molecular complexity index is 640. The van der Waals surface area contributed by atoms with Crippen LogP contribution in [0.4, 0.5) is 5.82 Å². The lowest BCUT2D eigenvalue weighted by atomic mass is 9.96. The van der Waals surface area contributed by atoms with Crippen LogP contribution in [-0.4, -0.2) is 29.7 Å². The zero-order valence-electron chi connectivity index (χ0n) is 12.5. The van der Waals surface area contributed by atoms with Gasteiger partial charge in [-0.1, -0.05) is 13.8 Å². The minimum absolute atomic E-state index is 0.0603. The molecular formula is C16H20N2O3. The molecule has 0 saturated carbocycles. The first-order chi connectivity index (χ1) is 10.0. The van der Waals surface area contributed by atoms with E-state index in [1.165, 1.54) is 0 Å². The summed E-state index contributed by atoms with van der Waals surface area (Å²) >= 11 is 0. The molecule has 5 heteroatoms. The number of hydrogen-bond donors (Lipinski definition) is 2. The van der Waals surface area contributed by atoms with Crippen LogP contribution in [0.1, 0.15) is 13.8 Å². The number of fused-ring (bicyclic) bond motifs is 1. The van der Waals surface area contributed by atoms with E-state index < -0.39 is 11.9 Å². The van der Waals surface area contributed by atoms with Gasteiger partial charge in [-0.25, -0.2) is 4.98 Å². The number of methoxy groups -OCH3 is 1. The molecule has 1 aromatic carbocycles. The van der Waals surface area contributed by atoms with Gasteiger partial charge in [0.2, 0.25) is 0 Å². The molecular weight excluding hydrogens is 268 g/mol. The molecule has 21 heavy (non-hydrogen) atoms. The van der Waals surface area contributed by atoms with Gasteiger partial charge in [-0.2, -0.15) is 0 Å². The van der Waals surface area contributed by atoms with Gasteiger partial charge in [-0.05, 0) is 35.6 Å². The predicted octanol–water partition coefficient (Wildman–Crippen LogP) is 3.01. The Morgan fingerprint density at radius 1 is 1.38 bits per heavy atom. The number of rotatable bonds is 6. The molecule has 1 atom stereocenters. The zero-order chi connectivity index (χ0) is 15.4. The maximum atomic E-state index is 11.2. The molecule has 1 heterocycles.